The van der Waals surface area contributed by atoms with Crippen LogP contribution in [0, 0.1) is 23.2 Å². The molecule has 96 heavy (non-hydrogen) atoms. The first-order valence-electron chi connectivity index (χ1n) is 32.0. The van der Waals surface area contributed by atoms with Crippen LogP contribution in [0.1, 0.15) is 108 Å². The fourth-order valence-electron chi connectivity index (χ4n) is 15.8. The number of fused-ring (bicyclic) bond motifs is 2. The summed E-state index contributed by atoms with van der Waals surface area (Å²) in [6.45, 7) is 8.87. The van der Waals surface area contributed by atoms with Crippen molar-refractivity contribution in [3.63, 3.8) is 0 Å². The maximum atomic E-state index is 14.0. The molecule has 4 amide bonds. The number of hydrogen-bond donors (Lipinski definition) is 9. The van der Waals surface area contributed by atoms with Crippen molar-refractivity contribution in [2.75, 3.05) is 82.3 Å². The second-order valence-corrected chi connectivity index (χ2v) is 27.6. The number of carbonyl (C=O) groups excluding carboxylic acids is 4. The van der Waals surface area contributed by atoms with Gasteiger partial charge in [0, 0.05) is 93.7 Å². The van der Waals surface area contributed by atoms with E-state index in [-0.39, 0.29) is 111 Å². The number of nitrogens with one attached hydrogen (secondary N) is 3. The summed E-state index contributed by atoms with van der Waals surface area (Å²) in [6.07, 6.45) is 0.667. The highest BCUT2D eigenvalue weighted by atomic mass is 32.1. The molecule has 4 aliphatic carbocycles. The summed E-state index contributed by atoms with van der Waals surface area (Å²) in [6, 6.07) is 19.3. The second-order valence-electron chi connectivity index (χ2n) is 26.5. The summed E-state index contributed by atoms with van der Waals surface area (Å²) in [5.74, 6) is -2.98. The minimum Gasteiger partial charge on any atom is -0.496 e. The number of amides is 4. The molecule has 5 fully saturated rings. The van der Waals surface area contributed by atoms with Crippen molar-refractivity contribution in [1.82, 2.24) is 30.0 Å². The molecule has 3 aromatic heterocycles. The molecule has 512 valence electrons. The molecule has 12 rings (SSSR count). The maximum Gasteiger partial charge on any atom is 0.410 e. The number of rotatable bonds is 27. The summed E-state index contributed by atoms with van der Waals surface area (Å²) >= 11 is 1.39. The maximum absolute atomic E-state index is 14.0. The third kappa shape index (κ3) is 15.0. The number of nitrogens with two attached hydrogens (primary N) is 1. The summed E-state index contributed by atoms with van der Waals surface area (Å²) in [4.78, 5) is 90.8. The van der Waals surface area contributed by atoms with Gasteiger partial charge in [0.25, 0.3) is 5.91 Å². The summed E-state index contributed by atoms with van der Waals surface area (Å²) in [5, 5.41) is 65.4. The van der Waals surface area contributed by atoms with Gasteiger partial charge in [0.2, 0.25) is 18.1 Å². The highest BCUT2D eigenvalue weighted by Crippen LogP contribution is 2.72. The van der Waals surface area contributed by atoms with Crippen molar-refractivity contribution in [2.45, 2.75) is 128 Å². The zero-order valence-electron chi connectivity index (χ0n) is 54.2. The summed E-state index contributed by atoms with van der Waals surface area (Å²) in [7, 11) is 3.14. The van der Waals surface area contributed by atoms with E-state index in [0.29, 0.717) is 58.5 Å². The Morgan fingerprint density at radius 2 is 1.59 bits per heavy atom. The van der Waals surface area contributed by atoms with Crippen LogP contribution >= 0.6 is 11.3 Å². The van der Waals surface area contributed by atoms with Crippen molar-refractivity contribution in [3.8, 4) is 22.6 Å². The molecule has 7 atom stereocenters. The largest absolute Gasteiger partial charge is 0.496 e. The Hall–Kier alpha value is -8.61. The Morgan fingerprint density at radius 1 is 0.833 bits per heavy atom. The number of thiazole rings is 1. The highest BCUT2D eigenvalue weighted by molar-refractivity contribution is 7.22. The van der Waals surface area contributed by atoms with Crippen molar-refractivity contribution < 1.29 is 82.7 Å². The smallest absolute Gasteiger partial charge is 0.410 e. The average molecular weight is 1340 g/mol. The molecular formula is C68H82N10O17S. The fraction of sp³-hybridized carbons (Fsp3) is 0.485. The van der Waals surface area contributed by atoms with E-state index < -0.39 is 60.2 Å². The Balaban J connectivity index is 0.738. The van der Waals surface area contributed by atoms with E-state index in [1.165, 1.54) is 28.4 Å². The number of aliphatic carboxylic acids is 1. The SMILES string of the molecule is COCCN(CCOC12CC3(C)CC(C)(CC(Cn4ncc(-c5ccc(N6CCc7c(OC)ccc(C(=O)Nc8nc9ccccc9s8)c7C6)nc5C(=O)O)c4C)(C3)C1)C2)C(=O)OCC=Cc1ccc(O[C@@H]2O[C@H](C(=O)O)[C@@H](O)[C@H](O)[C@H]2O)c(NC(=O)CCNC(=O)CCN)c1. The molecular weight excluding hydrogens is 1260 g/mol. The zero-order valence-corrected chi connectivity index (χ0v) is 55.0. The van der Waals surface area contributed by atoms with Crippen molar-refractivity contribution >= 4 is 80.0 Å². The quantitative estimate of drug-likeness (QED) is 0.0270. The van der Waals surface area contributed by atoms with Gasteiger partial charge in [-0.15, -0.1) is 0 Å². The molecule has 27 nitrogen and oxygen atoms in total. The normalized spacial score (nSPS) is 24.9. The number of carbonyl (C=O) groups is 6. The number of hydrogen-bond acceptors (Lipinski definition) is 21. The molecule has 2 unspecified atom stereocenters. The number of pyridine rings is 1. The number of carboxylic acid groups (broad SMARTS) is 2. The summed E-state index contributed by atoms with van der Waals surface area (Å²) in [5.41, 5.74) is 9.90. The van der Waals surface area contributed by atoms with Gasteiger partial charge in [-0.1, -0.05) is 49.5 Å². The number of nitrogens with zero attached hydrogens (tertiary/aromatic N) is 6. The van der Waals surface area contributed by atoms with Gasteiger partial charge in [-0.25, -0.2) is 24.4 Å². The molecule has 0 spiro atoms. The van der Waals surface area contributed by atoms with E-state index in [1.54, 1.807) is 56.8 Å². The molecule has 0 radical (unpaired) electrons. The number of aliphatic hydroxyl groups is 3. The number of aliphatic hydroxyl groups excluding tert-OH is 3. The molecule has 5 heterocycles. The fourth-order valence-corrected chi connectivity index (χ4v) is 16.7. The number of benzene rings is 3. The van der Waals surface area contributed by atoms with Crippen LogP contribution in [-0.4, -0.2) is 189 Å². The Bertz CT molecular complexity index is 3900. The molecule has 2 aliphatic heterocycles. The predicted molar refractivity (Wildman–Crippen MR) is 353 cm³/mol. The van der Waals surface area contributed by atoms with Gasteiger partial charge < -0.3 is 80.1 Å². The van der Waals surface area contributed by atoms with E-state index in [2.05, 4.69) is 34.8 Å². The predicted octanol–water partition coefficient (Wildman–Crippen LogP) is 6.38. The molecule has 4 saturated carbocycles. The van der Waals surface area contributed by atoms with E-state index in [4.69, 9.17) is 44.2 Å². The van der Waals surface area contributed by atoms with Crippen molar-refractivity contribution in [3.05, 3.63) is 113 Å². The van der Waals surface area contributed by atoms with Crippen LogP contribution in [0.4, 0.5) is 21.4 Å². The third-order valence-corrected chi connectivity index (χ3v) is 19.8. The highest BCUT2D eigenvalue weighted by Gasteiger charge is 2.66. The van der Waals surface area contributed by atoms with Crippen molar-refractivity contribution in [2.24, 2.45) is 22.0 Å². The minimum atomic E-state index is -1.96. The molecule has 6 aromatic rings. The van der Waals surface area contributed by atoms with Gasteiger partial charge >= 0.3 is 18.0 Å². The third-order valence-electron chi connectivity index (χ3n) is 18.9. The van der Waals surface area contributed by atoms with Crippen LogP contribution in [0.3, 0.4) is 0 Å². The van der Waals surface area contributed by atoms with Crippen LogP contribution in [0.15, 0.2) is 79.0 Å². The first-order chi connectivity index (χ1) is 45.9. The molecule has 4 bridgehead atoms. The lowest BCUT2D eigenvalue weighted by atomic mass is 9.39. The van der Waals surface area contributed by atoms with Gasteiger partial charge in [0.05, 0.1) is 48.0 Å². The van der Waals surface area contributed by atoms with Crippen LogP contribution in [0.25, 0.3) is 27.4 Å². The lowest BCUT2D eigenvalue weighted by Crippen LogP contribution is -2.64. The molecule has 28 heteroatoms. The number of anilines is 3. The molecule has 10 N–H and O–H groups in total. The molecule has 1 saturated heterocycles. The van der Waals surface area contributed by atoms with Crippen LogP contribution in [-0.2, 0) is 52.8 Å². The van der Waals surface area contributed by atoms with E-state index >= 15 is 0 Å². The van der Waals surface area contributed by atoms with Gasteiger partial charge in [0.15, 0.2) is 16.9 Å². The van der Waals surface area contributed by atoms with Crippen LogP contribution < -0.4 is 36.1 Å². The van der Waals surface area contributed by atoms with Crippen molar-refractivity contribution in [1.29, 1.82) is 0 Å². The van der Waals surface area contributed by atoms with E-state index in [0.717, 1.165) is 65.6 Å². The summed E-state index contributed by atoms with van der Waals surface area (Å²) < 4.78 is 38.0. The average Bonchev–Trinajstić information content (AvgIpc) is 0.910. The van der Waals surface area contributed by atoms with Gasteiger partial charge in [-0.05, 0) is 134 Å². The molecule has 3 aromatic carbocycles. The molecule has 6 aliphatic rings. The standard InChI is InChI=1S/C68H82N10O17S/c1-39-44(42-14-17-51(74-54(42)60(85)86)77-23-20-41-45(31-77)43(13-16-48(41)91-5)59(84)75-63-73-46-10-6-7-11-50(46)96-63)30-71-78(39)38-67-33-65(2)32-66(3,34-67)36-68(35-65,37-67)93-28-25-76(24-27-90-4)64(89)92-26-8-9-40-12-15-49(47(29-40)72-53(80)19-22-70-52(79)18-21-69)94-62-57(83)55(81)56(82)58(95-62)61(87)88/h6-17,29-30,55-58,62,81-83H,18-28,31-38,69H2,1-5H3,(H,70,79)(H,72,80)(H,85,86)(H,87,88)(H,73,75,84)/t55-,56-,57+,58-,62+,65?,66?,67?,68?/m0/s1. The number of aromatic nitrogens is 4. The van der Waals surface area contributed by atoms with E-state index in [1.807, 2.05) is 46.8 Å². The Morgan fingerprint density at radius 3 is 2.32 bits per heavy atom. The van der Waals surface area contributed by atoms with Gasteiger partial charge in [-0.2, -0.15) is 5.10 Å². The first kappa shape index (κ1) is 68.8. The monoisotopic (exact) mass is 1340 g/mol. The Labute approximate surface area is 557 Å². The van der Waals surface area contributed by atoms with E-state index in [9.17, 15) is 54.3 Å². The number of aromatic carboxylic acids is 1. The first-order valence-corrected chi connectivity index (χ1v) is 32.8. The van der Waals surface area contributed by atoms with Crippen LogP contribution in [0.2, 0.25) is 0 Å². The Kier molecular flexibility index (Phi) is 20.5. The lowest BCUT2D eigenvalue weighted by Gasteiger charge is -2.69. The number of methoxy groups -OCH3 is 2. The van der Waals surface area contributed by atoms with Crippen LogP contribution in [0.5, 0.6) is 11.5 Å². The van der Waals surface area contributed by atoms with Gasteiger partial charge in [0.1, 0.15) is 42.2 Å². The second kappa shape index (κ2) is 28.6. The zero-order chi connectivity index (χ0) is 68.3. The van der Waals surface area contributed by atoms with Gasteiger partial charge in [-0.3, -0.25) is 24.4 Å². The minimum absolute atomic E-state index is 0.0169. The number of carboxylic acids is 2. The lowest BCUT2D eigenvalue weighted by molar-refractivity contribution is -0.271. The number of ether oxygens (including phenoxy) is 6. The number of para-hydroxylation sites is 1. The topological polar surface area (TPSA) is 371 Å².